The van der Waals surface area contributed by atoms with E-state index in [0.717, 1.165) is 28.3 Å². The fourth-order valence-corrected chi connectivity index (χ4v) is 4.61. The third kappa shape index (κ3) is 3.24. The van der Waals surface area contributed by atoms with Gasteiger partial charge in [-0.05, 0) is 55.8 Å². The van der Waals surface area contributed by atoms with Crippen LogP contribution in [0.1, 0.15) is 17.0 Å². The highest BCUT2D eigenvalue weighted by Gasteiger charge is 2.33. The summed E-state index contributed by atoms with van der Waals surface area (Å²) in [5.74, 6) is -0.0688. The lowest BCUT2D eigenvalue weighted by Gasteiger charge is -2.13. The van der Waals surface area contributed by atoms with E-state index in [4.69, 9.17) is 12.2 Å². The molecule has 0 bridgehead atoms. The van der Waals surface area contributed by atoms with Crippen molar-refractivity contribution >= 4 is 46.0 Å². The van der Waals surface area contributed by atoms with E-state index >= 15 is 0 Å². The van der Waals surface area contributed by atoms with Gasteiger partial charge in [0.2, 0.25) is 0 Å². The highest BCUT2D eigenvalue weighted by atomic mass is 32.2. The summed E-state index contributed by atoms with van der Waals surface area (Å²) in [5, 5.41) is 0. The fraction of sp³-hybridized carbons (Fsp3) is 0.0909. The average Bonchev–Trinajstić information content (AvgIpc) is 3.11. The topological polar surface area (TPSA) is 25.2 Å². The van der Waals surface area contributed by atoms with E-state index in [1.54, 1.807) is 4.90 Å². The van der Waals surface area contributed by atoms with Gasteiger partial charge < -0.3 is 4.57 Å². The van der Waals surface area contributed by atoms with Gasteiger partial charge in [0, 0.05) is 17.1 Å². The second-order valence-corrected chi connectivity index (χ2v) is 8.03. The Morgan fingerprint density at radius 1 is 0.926 bits per heavy atom. The first-order valence-corrected chi connectivity index (χ1v) is 9.86. The number of hydrogen-bond donors (Lipinski definition) is 0. The van der Waals surface area contributed by atoms with Crippen LogP contribution in [0.25, 0.3) is 11.8 Å². The van der Waals surface area contributed by atoms with E-state index in [1.807, 2.05) is 54.6 Å². The van der Waals surface area contributed by atoms with Crippen molar-refractivity contribution in [2.45, 2.75) is 13.8 Å². The molecule has 0 unspecified atom stereocenters. The minimum Gasteiger partial charge on any atom is -0.318 e. The molecule has 0 aliphatic carbocycles. The second-order valence-electron chi connectivity index (χ2n) is 6.35. The van der Waals surface area contributed by atoms with Crippen LogP contribution in [0.3, 0.4) is 0 Å². The smallest absolute Gasteiger partial charge is 0.270 e. The Morgan fingerprint density at radius 2 is 1.52 bits per heavy atom. The van der Waals surface area contributed by atoms with E-state index in [9.17, 15) is 4.79 Å². The van der Waals surface area contributed by atoms with Gasteiger partial charge >= 0.3 is 0 Å². The van der Waals surface area contributed by atoms with Crippen LogP contribution in [0.15, 0.2) is 71.6 Å². The van der Waals surface area contributed by atoms with Gasteiger partial charge in [-0.1, -0.05) is 60.4 Å². The molecule has 1 aliphatic rings. The van der Waals surface area contributed by atoms with Crippen LogP contribution in [-0.4, -0.2) is 14.8 Å². The monoisotopic (exact) mass is 390 g/mol. The summed E-state index contributed by atoms with van der Waals surface area (Å²) in [5.41, 5.74) is 5.18. The molecule has 3 nitrogen and oxygen atoms in total. The van der Waals surface area contributed by atoms with Crippen molar-refractivity contribution < 1.29 is 4.79 Å². The molecule has 0 N–H and O–H groups in total. The Morgan fingerprint density at radius 3 is 2.15 bits per heavy atom. The maximum atomic E-state index is 12.9. The number of aryl methyl sites for hydroxylation is 1. The van der Waals surface area contributed by atoms with Crippen molar-refractivity contribution in [1.29, 1.82) is 0 Å². The van der Waals surface area contributed by atoms with Crippen LogP contribution in [0.5, 0.6) is 0 Å². The number of hydrogen-bond acceptors (Lipinski definition) is 3. The molecule has 2 aromatic carbocycles. The lowest BCUT2D eigenvalue weighted by atomic mass is 10.2. The first-order valence-electron chi connectivity index (χ1n) is 8.63. The number of rotatable bonds is 3. The van der Waals surface area contributed by atoms with Gasteiger partial charge in [-0.15, -0.1) is 0 Å². The first-order chi connectivity index (χ1) is 13.1. The number of nitrogens with zero attached hydrogens (tertiary/aromatic N) is 2. The van der Waals surface area contributed by atoms with Crippen LogP contribution in [0.2, 0.25) is 0 Å². The number of benzene rings is 2. The Bertz CT molecular complexity index is 1050. The maximum Gasteiger partial charge on any atom is 0.270 e. The van der Waals surface area contributed by atoms with Crippen molar-refractivity contribution in [1.82, 2.24) is 4.57 Å². The number of para-hydroxylation sites is 2. The Labute approximate surface area is 168 Å². The van der Waals surface area contributed by atoms with Gasteiger partial charge in [-0.25, -0.2) is 0 Å². The largest absolute Gasteiger partial charge is 0.318 e. The molecule has 3 aromatic rings. The summed E-state index contributed by atoms with van der Waals surface area (Å²) in [6.45, 7) is 4.15. The lowest BCUT2D eigenvalue weighted by molar-refractivity contribution is -0.113. The molecule has 1 saturated heterocycles. The van der Waals surface area contributed by atoms with E-state index in [0.29, 0.717) is 9.23 Å². The van der Waals surface area contributed by atoms with Gasteiger partial charge in [0.25, 0.3) is 5.91 Å². The number of thioether (sulfide) groups is 1. The van der Waals surface area contributed by atoms with Crippen molar-refractivity contribution in [2.75, 3.05) is 4.90 Å². The zero-order valence-electron chi connectivity index (χ0n) is 15.0. The molecule has 2 heterocycles. The Kier molecular flexibility index (Phi) is 4.72. The number of amides is 1. The molecule has 4 rings (SSSR count). The molecule has 0 saturated carbocycles. The minimum atomic E-state index is -0.0688. The van der Waals surface area contributed by atoms with Gasteiger partial charge in [0.05, 0.1) is 10.6 Å². The normalized spacial score (nSPS) is 15.8. The third-order valence-corrected chi connectivity index (χ3v) is 5.88. The van der Waals surface area contributed by atoms with Gasteiger partial charge in [0.1, 0.15) is 0 Å². The molecule has 1 fully saturated rings. The standard InChI is InChI=1S/C22H18N2OS2/c1-15-13-17(16(2)23(15)18-9-5-3-6-10-18)14-20-21(25)24(22(26)27-20)19-11-7-4-8-12-19/h3-14H,1-2H3. The van der Waals surface area contributed by atoms with E-state index < -0.39 is 0 Å². The van der Waals surface area contributed by atoms with E-state index in [1.165, 1.54) is 11.8 Å². The van der Waals surface area contributed by atoms with Crippen LogP contribution in [-0.2, 0) is 4.79 Å². The predicted molar refractivity (Wildman–Crippen MR) is 117 cm³/mol. The summed E-state index contributed by atoms with van der Waals surface area (Å²) in [6, 6.07) is 21.9. The Hall–Kier alpha value is -2.63. The molecule has 0 spiro atoms. The summed E-state index contributed by atoms with van der Waals surface area (Å²) in [4.78, 5) is 15.2. The molecule has 1 aliphatic heterocycles. The minimum absolute atomic E-state index is 0.0688. The molecule has 0 atom stereocenters. The molecule has 27 heavy (non-hydrogen) atoms. The van der Waals surface area contributed by atoms with Crippen LogP contribution < -0.4 is 4.90 Å². The molecular formula is C22H18N2OS2. The Balaban J connectivity index is 1.71. The van der Waals surface area contributed by atoms with Gasteiger partial charge in [-0.3, -0.25) is 9.69 Å². The third-order valence-electron chi connectivity index (χ3n) is 4.58. The predicted octanol–water partition coefficient (Wildman–Crippen LogP) is 5.50. The highest BCUT2D eigenvalue weighted by Crippen LogP contribution is 2.36. The van der Waals surface area contributed by atoms with Crippen molar-refractivity contribution in [3.8, 4) is 5.69 Å². The van der Waals surface area contributed by atoms with Crippen LogP contribution in [0, 0.1) is 13.8 Å². The summed E-state index contributed by atoms with van der Waals surface area (Å²) >= 11 is 6.81. The number of anilines is 1. The van der Waals surface area contributed by atoms with Crippen molar-refractivity contribution in [2.24, 2.45) is 0 Å². The molecule has 1 aromatic heterocycles. The fourth-order valence-electron chi connectivity index (χ4n) is 3.32. The number of carbonyl (C=O) groups excluding carboxylic acids is 1. The number of carbonyl (C=O) groups is 1. The molecule has 0 radical (unpaired) electrons. The maximum absolute atomic E-state index is 12.9. The zero-order chi connectivity index (χ0) is 19.0. The second kappa shape index (κ2) is 7.18. The van der Waals surface area contributed by atoms with Gasteiger partial charge in [0.15, 0.2) is 4.32 Å². The van der Waals surface area contributed by atoms with Crippen LogP contribution >= 0.6 is 24.0 Å². The molecular weight excluding hydrogens is 372 g/mol. The van der Waals surface area contributed by atoms with E-state index in [-0.39, 0.29) is 5.91 Å². The number of thiocarbonyl (C=S) groups is 1. The van der Waals surface area contributed by atoms with E-state index in [2.05, 4.69) is 36.6 Å². The highest BCUT2D eigenvalue weighted by molar-refractivity contribution is 8.27. The number of aromatic nitrogens is 1. The molecule has 1 amide bonds. The molecule has 5 heteroatoms. The van der Waals surface area contributed by atoms with Crippen LogP contribution in [0.4, 0.5) is 5.69 Å². The quantitative estimate of drug-likeness (QED) is 0.436. The summed E-state index contributed by atoms with van der Waals surface area (Å²) < 4.78 is 2.76. The van der Waals surface area contributed by atoms with Gasteiger partial charge in [-0.2, -0.15) is 0 Å². The SMILES string of the molecule is Cc1cc(C=C2SC(=S)N(c3ccccc3)C2=O)c(C)n1-c1ccccc1. The van der Waals surface area contributed by atoms with Crippen molar-refractivity contribution in [3.05, 3.63) is 88.6 Å². The average molecular weight is 391 g/mol. The summed E-state index contributed by atoms with van der Waals surface area (Å²) in [6.07, 6.45) is 1.95. The van der Waals surface area contributed by atoms with Crippen molar-refractivity contribution in [3.63, 3.8) is 0 Å². The lowest BCUT2D eigenvalue weighted by Crippen LogP contribution is -2.27. The zero-order valence-corrected chi connectivity index (χ0v) is 16.7. The summed E-state index contributed by atoms with van der Waals surface area (Å²) in [7, 11) is 0. The molecule has 134 valence electrons. The first kappa shape index (κ1) is 17.8.